The Labute approximate surface area is 187 Å². The normalized spacial score (nSPS) is 22.5. The highest BCUT2D eigenvalue weighted by atomic mass is 32.2. The smallest absolute Gasteiger partial charge is 0.253 e. The highest BCUT2D eigenvalue weighted by Crippen LogP contribution is 2.28. The van der Waals surface area contributed by atoms with Crippen molar-refractivity contribution in [2.45, 2.75) is 62.9 Å². The molecule has 2 unspecified atom stereocenters. The van der Waals surface area contributed by atoms with Crippen LogP contribution in [0.3, 0.4) is 0 Å². The Morgan fingerprint density at radius 3 is 2.52 bits per heavy atom. The summed E-state index contributed by atoms with van der Waals surface area (Å²) in [6, 6.07) is 4.89. The van der Waals surface area contributed by atoms with Crippen LogP contribution in [0.5, 0.6) is 0 Å². The van der Waals surface area contributed by atoms with Crippen molar-refractivity contribution >= 4 is 21.6 Å². The van der Waals surface area contributed by atoms with Crippen LogP contribution < -0.4 is 10.2 Å². The van der Waals surface area contributed by atoms with Crippen LogP contribution in [-0.4, -0.2) is 65.1 Å². The number of benzene rings is 1. The van der Waals surface area contributed by atoms with Crippen LogP contribution in [0.2, 0.25) is 0 Å². The summed E-state index contributed by atoms with van der Waals surface area (Å²) in [7, 11) is -0.622. The Bertz CT molecular complexity index is 850. The fourth-order valence-electron chi connectivity index (χ4n) is 4.48. The van der Waals surface area contributed by atoms with Crippen molar-refractivity contribution in [2.24, 2.45) is 5.92 Å². The lowest BCUT2D eigenvalue weighted by Crippen LogP contribution is -2.35. The average Bonchev–Trinajstić information content (AvgIpc) is 2.77. The van der Waals surface area contributed by atoms with E-state index >= 15 is 0 Å². The number of carbonyl (C=O) groups excluding carboxylic acids is 1. The fourth-order valence-corrected chi connectivity index (χ4v) is 5.41. The van der Waals surface area contributed by atoms with Gasteiger partial charge in [0.1, 0.15) is 0 Å². The molecule has 0 aromatic heterocycles. The first kappa shape index (κ1) is 24.0. The van der Waals surface area contributed by atoms with Crippen LogP contribution in [0, 0.1) is 5.92 Å². The summed E-state index contributed by atoms with van der Waals surface area (Å²) in [6.07, 6.45) is 8.35. The molecule has 1 saturated heterocycles. The minimum absolute atomic E-state index is 0.135. The number of piperidine rings is 1. The van der Waals surface area contributed by atoms with Gasteiger partial charge in [-0.3, -0.25) is 4.79 Å². The molecule has 0 bridgehead atoms. The Morgan fingerprint density at radius 2 is 1.84 bits per heavy atom. The van der Waals surface area contributed by atoms with E-state index in [-0.39, 0.29) is 16.9 Å². The van der Waals surface area contributed by atoms with Gasteiger partial charge in [0.2, 0.25) is 10.0 Å². The van der Waals surface area contributed by atoms with Crippen molar-refractivity contribution in [3.8, 4) is 0 Å². The van der Waals surface area contributed by atoms with Crippen LogP contribution >= 0.6 is 0 Å². The number of hydrogen-bond acceptors (Lipinski definition) is 5. The number of anilines is 1. The topological polar surface area (TPSA) is 78.9 Å². The Kier molecular flexibility index (Phi) is 8.36. The van der Waals surface area contributed by atoms with Crippen molar-refractivity contribution in [2.75, 3.05) is 45.2 Å². The highest BCUT2D eigenvalue weighted by Gasteiger charge is 2.25. The Morgan fingerprint density at radius 1 is 1.13 bits per heavy atom. The molecule has 2 fully saturated rings. The first-order valence-corrected chi connectivity index (χ1v) is 13.0. The molecule has 2 atom stereocenters. The van der Waals surface area contributed by atoms with Crippen LogP contribution in [0.15, 0.2) is 23.1 Å². The van der Waals surface area contributed by atoms with Gasteiger partial charge in [0.05, 0.1) is 23.2 Å². The summed E-state index contributed by atoms with van der Waals surface area (Å²) in [4.78, 5) is 15.4. The number of ether oxygens (including phenoxy) is 1. The molecule has 1 aliphatic carbocycles. The molecule has 1 aromatic carbocycles. The number of nitrogens with one attached hydrogen (secondary N) is 1. The third-order valence-corrected chi connectivity index (χ3v) is 8.25. The minimum Gasteiger partial charge on any atom is -0.376 e. The third kappa shape index (κ3) is 5.99. The molecule has 1 aromatic rings. The molecule has 1 heterocycles. The summed E-state index contributed by atoms with van der Waals surface area (Å²) >= 11 is 0. The molecule has 0 spiro atoms. The molecule has 2 aliphatic rings. The summed E-state index contributed by atoms with van der Waals surface area (Å²) in [5.41, 5.74) is 1.22. The van der Waals surface area contributed by atoms with Crippen LogP contribution in [0.25, 0.3) is 0 Å². The molecule has 174 valence electrons. The van der Waals surface area contributed by atoms with Gasteiger partial charge in [0, 0.05) is 39.4 Å². The zero-order chi connectivity index (χ0) is 22.4. The van der Waals surface area contributed by atoms with Crippen molar-refractivity contribution in [3.05, 3.63) is 23.8 Å². The summed E-state index contributed by atoms with van der Waals surface area (Å²) in [5.74, 6) is 0.305. The van der Waals surface area contributed by atoms with Gasteiger partial charge < -0.3 is 15.0 Å². The minimum atomic E-state index is -3.62. The van der Waals surface area contributed by atoms with E-state index < -0.39 is 10.0 Å². The number of carbonyl (C=O) groups is 1. The van der Waals surface area contributed by atoms with E-state index in [9.17, 15) is 13.2 Å². The summed E-state index contributed by atoms with van der Waals surface area (Å²) in [5, 5.41) is 2.94. The first-order valence-electron chi connectivity index (χ1n) is 11.5. The van der Waals surface area contributed by atoms with E-state index in [2.05, 4.69) is 17.1 Å². The van der Waals surface area contributed by atoms with Gasteiger partial charge in [-0.25, -0.2) is 12.7 Å². The number of hydrogen-bond donors (Lipinski definition) is 1. The fraction of sp³-hybridized carbons (Fsp3) is 0.696. The number of amides is 1. The molecule has 1 amide bonds. The first-order chi connectivity index (χ1) is 14.8. The maximum absolute atomic E-state index is 13.1. The van der Waals surface area contributed by atoms with Gasteiger partial charge in [0.15, 0.2) is 0 Å². The lowest BCUT2D eigenvalue weighted by atomic mass is 9.88. The van der Waals surface area contributed by atoms with Gasteiger partial charge in [-0.1, -0.05) is 19.8 Å². The zero-order valence-corrected chi connectivity index (χ0v) is 19.9. The third-order valence-electron chi connectivity index (χ3n) is 6.44. The highest BCUT2D eigenvalue weighted by molar-refractivity contribution is 7.89. The largest absolute Gasteiger partial charge is 0.376 e. The second kappa shape index (κ2) is 10.8. The van der Waals surface area contributed by atoms with Gasteiger partial charge in [-0.2, -0.15) is 0 Å². The van der Waals surface area contributed by atoms with Gasteiger partial charge in [-0.15, -0.1) is 0 Å². The molecule has 3 rings (SSSR count). The van der Waals surface area contributed by atoms with E-state index in [4.69, 9.17) is 4.74 Å². The van der Waals surface area contributed by atoms with Crippen molar-refractivity contribution in [3.63, 3.8) is 0 Å². The van der Waals surface area contributed by atoms with Crippen molar-refractivity contribution in [1.29, 1.82) is 0 Å². The number of nitrogens with zero attached hydrogens (tertiary/aromatic N) is 2. The maximum Gasteiger partial charge on any atom is 0.253 e. The molecule has 31 heavy (non-hydrogen) atoms. The Balaban J connectivity index is 1.71. The second-order valence-electron chi connectivity index (χ2n) is 8.94. The maximum atomic E-state index is 13.1. The number of sulfonamides is 1. The lowest BCUT2D eigenvalue weighted by molar-refractivity contribution is -0.00293. The van der Waals surface area contributed by atoms with Gasteiger partial charge in [0.25, 0.3) is 5.91 Å². The SMILES string of the molecule is CC1CCCCC1OCCNC(=O)c1cc(S(=O)(=O)N(C)C)ccc1N1CCCCC1. The van der Waals surface area contributed by atoms with Crippen LogP contribution in [-0.2, 0) is 14.8 Å². The Hall–Kier alpha value is -1.64. The molecular weight excluding hydrogens is 414 g/mol. The van der Waals surface area contributed by atoms with Gasteiger partial charge in [-0.05, 0) is 56.2 Å². The summed E-state index contributed by atoms with van der Waals surface area (Å²) in [6.45, 7) is 4.86. The van der Waals surface area contributed by atoms with E-state index in [1.807, 2.05) is 0 Å². The van der Waals surface area contributed by atoms with E-state index in [0.717, 1.165) is 38.0 Å². The predicted molar refractivity (Wildman–Crippen MR) is 123 cm³/mol. The van der Waals surface area contributed by atoms with Crippen molar-refractivity contribution < 1.29 is 17.9 Å². The lowest BCUT2D eigenvalue weighted by Gasteiger charge is -2.31. The van der Waals surface area contributed by atoms with E-state index in [1.54, 1.807) is 12.1 Å². The van der Waals surface area contributed by atoms with E-state index in [0.29, 0.717) is 24.6 Å². The molecule has 0 radical (unpaired) electrons. The molecule has 7 nitrogen and oxygen atoms in total. The van der Waals surface area contributed by atoms with Gasteiger partial charge >= 0.3 is 0 Å². The average molecular weight is 452 g/mol. The molecule has 1 N–H and O–H groups in total. The van der Waals surface area contributed by atoms with Crippen LogP contribution in [0.1, 0.15) is 62.2 Å². The molecule has 1 saturated carbocycles. The second-order valence-corrected chi connectivity index (χ2v) is 11.1. The molecule has 8 heteroatoms. The van der Waals surface area contributed by atoms with Crippen molar-refractivity contribution in [1.82, 2.24) is 9.62 Å². The summed E-state index contributed by atoms with van der Waals surface area (Å²) < 4.78 is 32.4. The molecular formula is C23H37N3O4S. The quantitative estimate of drug-likeness (QED) is 0.614. The zero-order valence-electron chi connectivity index (χ0n) is 19.1. The monoisotopic (exact) mass is 451 g/mol. The van der Waals surface area contributed by atoms with E-state index in [1.165, 1.54) is 50.2 Å². The number of rotatable bonds is 8. The molecule has 1 aliphatic heterocycles. The standard InChI is InChI=1S/C23H37N3O4S/c1-18-9-5-6-10-22(18)30-16-13-24-23(27)20-17-19(31(28,29)25(2)3)11-12-21(20)26-14-7-4-8-15-26/h11-12,17-18,22H,4-10,13-16H2,1-3H3,(H,24,27). The van der Waals surface area contributed by atoms with Crippen LogP contribution in [0.4, 0.5) is 5.69 Å². The predicted octanol–water partition coefficient (Wildman–Crippen LogP) is 3.25.